The van der Waals surface area contributed by atoms with Crippen molar-refractivity contribution in [1.82, 2.24) is 4.90 Å². The number of benzene rings is 4. The summed E-state index contributed by atoms with van der Waals surface area (Å²) in [6.07, 6.45) is 1.69. The summed E-state index contributed by atoms with van der Waals surface area (Å²) in [5, 5.41) is 2.86. The number of methoxy groups -OCH3 is 1. The number of carbonyl (C=O) groups is 2. The number of carbonyl (C=O) groups excluding carboxylic acids is 2. The Morgan fingerprint density at radius 2 is 1.70 bits per heavy atom. The lowest BCUT2D eigenvalue weighted by atomic mass is 10.0. The fourth-order valence-electron chi connectivity index (χ4n) is 4.08. The quantitative estimate of drug-likeness (QED) is 0.219. The third-order valence-corrected chi connectivity index (χ3v) is 7.46. The van der Waals surface area contributed by atoms with Crippen molar-refractivity contribution in [2.24, 2.45) is 0 Å². The van der Waals surface area contributed by atoms with Gasteiger partial charge in [-0.2, -0.15) is 0 Å². The van der Waals surface area contributed by atoms with Crippen LogP contribution in [-0.2, 0) is 17.9 Å². The first-order valence-electron chi connectivity index (χ1n) is 11.4. The molecular weight excluding hydrogens is 529 g/mol. The van der Waals surface area contributed by atoms with Crippen LogP contribution in [0.25, 0.3) is 16.8 Å². The Hall–Kier alpha value is -3.45. The van der Waals surface area contributed by atoms with Crippen molar-refractivity contribution in [2.75, 3.05) is 7.11 Å². The minimum atomic E-state index is -0.320. The normalized spacial score (nSPS) is 14.6. The van der Waals surface area contributed by atoms with Crippen molar-refractivity contribution >= 4 is 63.0 Å². The number of imide groups is 1. The van der Waals surface area contributed by atoms with E-state index in [0.717, 1.165) is 33.7 Å². The van der Waals surface area contributed by atoms with Crippen LogP contribution in [0.2, 0.25) is 10.0 Å². The minimum absolute atomic E-state index is 0.215. The van der Waals surface area contributed by atoms with Gasteiger partial charge in [0.15, 0.2) is 11.5 Å². The van der Waals surface area contributed by atoms with Crippen molar-refractivity contribution in [2.45, 2.75) is 13.2 Å². The number of hydrogen-bond acceptors (Lipinski definition) is 5. The SMILES string of the molecule is COc1cc(/C=C2/SC(=O)N(Cc3cccc4ccccc34)C2=O)ccc1OCc1ccc(Cl)cc1Cl. The topological polar surface area (TPSA) is 55.8 Å². The van der Waals surface area contributed by atoms with Gasteiger partial charge in [0.05, 0.1) is 18.6 Å². The van der Waals surface area contributed by atoms with Gasteiger partial charge in [-0.05, 0) is 64.0 Å². The molecule has 1 aliphatic heterocycles. The number of hydrogen-bond donors (Lipinski definition) is 0. The molecule has 5 rings (SSSR count). The van der Waals surface area contributed by atoms with Crippen molar-refractivity contribution < 1.29 is 19.1 Å². The van der Waals surface area contributed by atoms with Crippen LogP contribution in [0.3, 0.4) is 0 Å². The average Bonchev–Trinajstić information content (AvgIpc) is 3.16. The molecule has 1 aliphatic rings. The Labute approximate surface area is 228 Å². The van der Waals surface area contributed by atoms with Crippen molar-refractivity contribution in [3.05, 3.63) is 111 Å². The molecule has 0 bridgehead atoms. The molecule has 1 saturated heterocycles. The lowest BCUT2D eigenvalue weighted by molar-refractivity contribution is -0.123. The van der Waals surface area contributed by atoms with Crippen molar-refractivity contribution in [3.63, 3.8) is 0 Å². The Balaban J connectivity index is 1.33. The second kappa shape index (κ2) is 10.9. The zero-order chi connectivity index (χ0) is 25.9. The molecule has 0 unspecified atom stereocenters. The molecule has 5 nitrogen and oxygen atoms in total. The summed E-state index contributed by atoms with van der Waals surface area (Å²) in [7, 11) is 1.54. The smallest absolute Gasteiger partial charge is 0.293 e. The Morgan fingerprint density at radius 1 is 0.892 bits per heavy atom. The summed E-state index contributed by atoms with van der Waals surface area (Å²) in [5.74, 6) is 0.697. The van der Waals surface area contributed by atoms with E-state index < -0.39 is 0 Å². The standard InChI is InChI=1S/C29H21Cl2NO4S/c1-35-26-13-18(9-12-25(26)36-17-21-10-11-22(30)15-24(21)31)14-27-28(33)32(29(34)37-27)16-20-7-4-6-19-5-2-3-8-23(19)20/h2-15H,16-17H2,1H3/b27-14+. The first kappa shape index (κ1) is 25.2. The molecular formula is C29H21Cl2NO4S. The highest BCUT2D eigenvalue weighted by Crippen LogP contribution is 2.36. The predicted octanol–water partition coefficient (Wildman–Crippen LogP) is 7.97. The summed E-state index contributed by atoms with van der Waals surface area (Å²) in [6, 6.07) is 24.3. The zero-order valence-electron chi connectivity index (χ0n) is 19.7. The Morgan fingerprint density at radius 3 is 2.51 bits per heavy atom. The van der Waals surface area contributed by atoms with E-state index in [1.165, 1.54) is 4.90 Å². The number of nitrogens with zero attached hydrogens (tertiary/aromatic N) is 1. The molecule has 4 aromatic rings. The van der Waals surface area contributed by atoms with Crippen LogP contribution in [0.4, 0.5) is 4.79 Å². The summed E-state index contributed by atoms with van der Waals surface area (Å²) < 4.78 is 11.4. The van der Waals surface area contributed by atoms with E-state index in [4.69, 9.17) is 32.7 Å². The molecule has 0 radical (unpaired) electrons. The molecule has 0 saturated carbocycles. The summed E-state index contributed by atoms with van der Waals surface area (Å²) in [4.78, 5) is 27.5. The van der Waals surface area contributed by atoms with Gasteiger partial charge in [0.2, 0.25) is 0 Å². The fraction of sp³-hybridized carbons (Fsp3) is 0.103. The Bertz CT molecular complexity index is 1550. The van der Waals surface area contributed by atoms with Crippen LogP contribution in [0, 0.1) is 0 Å². The van der Waals surface area contributed by atoms with Gasteiger partial charge >= 0.3 is 0 Å². The van der Waals surface area contributed by atoms with Crippen LogP contribution in [-0.4, -0.2) is 23.2 Å². The number of amides is 2. The van der Waals surface area contributed by atoms with Crippen LogP contribution >= 0.6 is 35.0 Å². The first-order valence-corrected chi connectivity index (χ1v) is 13.0. The molecule has 0 aliphatic carbocycles. The lowest BCUT2D eigenvalue weighted by Gasteiger charge is -2.14. The third kappa shape index (κ3) is 5.47. The lowest BCUT2D eigenvalue weighted by Crippen LogP contribution is -2.27. The largest absolute Gasteiger partial charge is 0.493 e. The fourth-order valence-corrected chi connectivity index (χ4v) is 5.38. The molecule has 8 heteroatoms. The molecule has 1 heterocycles. The molecule has 0 N–H and O–H groups in total. The van der Waals surface area contributed by atoms with E-state index in [-0.39, 0.29) is 24.3 Å². The second-order valence-corrected chi connectivity index (χ2v) is 10.2. The van der Waals surface area contributed by atoms with Crippen LogP contribution in [0.5, 0.6) is 11.5 Å². The highest BCUT2D eigenvalue weighted by molar-refractivity contribution is 8.18. The maximum Gasteiger partial charge on any atom is 0.293 e. The van der Waals surface area contributed by atoms with E-state index in [1.54, 1.807) is 49.6 Å². The number of halogens is 2. The summed E-state index contributed by atoms with van der Waals surface area (Å²) in [5.41, 5.74) is 2.42. The maximum atomic E-state index is 13.1. The Kier molecular flexibility index (Phi) is 7.42. The van der Waals surface area contributed by atoms with E-state index >= 15 is 0 Å². The average molecular weight is 550 g/mol. The van der Waals surface area contributed by atoms with Crippen molar-refractivity contribution in [1.29, 1.82) is 0 Å². The monoisotopic (exact) mass is 549 g/mol. The zero-order valence-corrected chi connectivity index (χ0v) is 22.1. The molecule has 0 atom stereocenters. The van der Waals surface area contributed by atoms with Gasteiger partial charge in [0.1, 0.15) is 6.61 Å². The van der Waals surface area contributed by atoms with Gasteiger partial charge in [-0.1, -0.05) is 77.8 Å². The number of ether oxygens (including phenoxy) is 2. The summed E-state index contributed by atoms with van der Waals surface area (Å²) >= 11 is 13.1. The molecule has 0 spiro atoms. The van der Waals surface area contributed by atoms with E-state index in [9.17, 15) is 9.59 Å². The summed E-state index contributed by atoms with van der Waals surface area (Å²) in [6.45, 7) is 0.450. The van der Waals surface area contributed by atoms with E-state index in [0.29, 0.717) is 32.0 Å². The molecule has 1 fully saturated rings. The first-order chi connectivity index (χ1) is 17.9. The predicted molar refractivity (Wildman–Crippen MR) is 149 cm³/mol. The van der Waals surface area contributed by atoms with Gasteiger partial charge in [-0.3, -0.25) is 14.5 Å². The van der Waals surface area contributed by atoms with Gasteiger partial charge in [0.25, 0.3) is 11.1 Å². The third-order valence-electron chi connectivity index (χ3n) is 5.97. The molecule has 37 heavy (non-hydrogen) atoms. The second-order valence-electron chi connectivity index (χ2n) is 8.34. The van der Waals surface area contributed by atoms with Crippen LogP contribution < -0.4 is 9.47 Å². The van der Waals surface area contributed by atoms with Gasteiger partial charge < -0.3 is 9.47 Å². The highest BCUT2D eigenvalue weighted by atomic mass is 35.5. The molecule has 2 amide bonds. The number of rotatable bonds is 7. The molecule has 4 aromatic carbocycles. The number of thioether (sulfide) groups is 1. The maximum absolute atomic E-state index is 13.1. The van der Waals surface area contributed by atoms with Crippen molar-refractivity contribution in [3.8, 4) is 11.5 Å². The van der Waals surface area contributed by atoms with E-state index in [2.05, 4.69) is 0 Å². The highest BCUT2D eigenvalue weighted by Gasteiger charge is 2.35. The van der Waals surface area contributed by atoms with Crippen LogP contribution in [0.1, 0.15) is 16.7 Å². The molecule has 186 valence electrons. The van der Waals surface area contributed by atoms with Gasteiger partial charge in [0, 0.05) is 15.6 Å². The number of fused-ring (bicyclic) bond motifs is 1. The van der Waals surface area contributed by atoms with E-state index in [1.807, 2.05) is 42.5 Å². The van der Waals surface area contributed by atoms with Gasteiger partial charge in [-0.25, -0.2) is 0 Å². The molecule has 0 aromatic heterocycles. The minimum Gasteiger partial charge on any atom is -0.493 e. The van der Waals surface area contributed by atoms with Crippen LogP contribution in [0.15, 0.2) is 83.8 Å². The van der Waals surface area contributed by atoms with Gasteiger partial charge in [-0.15, -0.1) is 0 Å².